The third-order valence-corrected chi connectivity index (χ3v) is 3.46. The van der Waals surface area contributed by atoms with Crippen LogP contribution in [0.2, 0.25) is 0 Å². The van der Waals surface area contributed by atoms with Gasteiger partial charge in [0, 0.05) is 39.3 Å². The first kappa shape index (κ1) is 10.4. The standard InChI is InChI=1S/C11H23N3/c1-12-8-10-14(11-9-12)13-6-4-2-3-5-7-13/h2-11H2,1H3. The number of rotatable bonds is 1. The van der Waals surface area contributed by atoms with Crippen LogP contribution < -0.4 is 0 Å². The molecule has 0 aromatic rings. The van der Waals surface area contributed by atoms with E-state index in [1.807, 2.05) is 0 Å². The quantitative estimate of drug-likeness (QED) is 0.621. The second-order valence-electron chi connectivity index (χ2n) is 4.62. The molecule has 2 saturated heterocycles. The fourth-order valence-corrected chi connectivity index (χ4v) is 2.42. The Morgan fingerprint density at radius 3 is 1.64 bits per heavy atom. The Labute approximate surface area is 87.6 Å². The van der Waals surface area contributed by atoms with Crippen LogP contribution in [0.3, 0.4) is 0 Å². The molecule has 14 heavy (non-hydrogen) atoms. The van der Waals surface area contributed by atoms with Crippen molar-refractivity contribution in [2.24, 2.45) is 0 Å². The fourth-order valence-electron chi connectivity index (χ4n) is 2.42. The van der Waals surface area contributed by atoms with Gasteiger partial charge in [-0.25, -0.2) is 10.0 Å². The van der Waals surface area contributed by atoms with Crippen molar-refractivity contribution in [3.63, 3.8) is 0 Å². The molecule has 0 aromatic carbocycles. The van der Waals surface area contributed by atoms with E-state index in [0.29, 0.717) is 0 Å². The maximum absolute atomic E-state index is 2.60. The lowest BCUT2D eigenvalue weighted by molar-refractivity contribution is -0.0510. The van der Waals surface area contributed by atoms with Crippen LogP contribution >= 0.6 is 0 Å². The van der Waals surface area contributed by atoms with Gasteiger partial charge in [0.05, 0.1) is 0 Å². The molecule has 0 unspecified atom stereocenters. The van der Waals surface area contributed by atoms with Gasteiger partial charge in [0.25, 0.3) is 0 Å². The van der Waals surface area contributed by atoms with E-state index >= 15 is 0 Å². The van der Waals surface area contributed by atoms with Crippen molar-refractivity contribution in [2.75, 3.05) is 46.3 Å². The minimum atomic E-state index is 1.23. The summed E-state index contributed by atoms with van der Waals surface area (Å²) in [6.07, 6.45) is 5.66. The molecule has 2 aliphatic rings. The van der Waals surface area contributed by atoms with E-state index in [1.54, 1.807) is 0 Å². The first-order valence-electron chi connectivity index (χ1n) is 6.04. The maximum atomic E-state index is 2.60. The lowest BCUT2D eigenvalue weighted by Gasteiger charge is -2.39. The van der Waals surface area contributed by atoms with E-state index in [-0.39, 0.29) is 0 Å². The second-order valence-corrected chi connectivity index (χ2v) is 4.62. The summed E-state index contributed by atoms with van der Waals surface area (Å²) in [4.78, 5) is 2.42. The van der Waals surface area contributed by atoms with Gasteiger partial charge in [-0.2, -0.15) is 0 Å². The highest BCUT2D eigenvalue weighted by atomic mass is 15.6. The maximum Gasteiger partial charge on any atom is 0.0261 e. The molecule has 82 valence electrons. The molecule has 2 aliphatic heterocycles. The van der Waals surface area contributed by atoms with E-state index in [4.69, 9.17) is 0 Å². The van der Waals surface area contributed by atoms with Gasteiger partial charge in [0.15, 0.2) is 0 Å². The van der Waals surface area contributed by atoms with E-state index in [2.05, 4.69) is 22.0 Å². The van der Waals surface area contributed by atoms with Crippen LogP contribution in [0.5, 0.6) is 0 Å². The van der Waals surface area contributed by atoms with E-state index in [0.717, 1.165) is 0 Å². The predicted molar refractivity (Wildman–Crippen MR) is 59.1 cm³/mol. The van der Waals surface area contributed by atoms with Crippen LogP contribution in [0.15, 0.2) is 0 Å². The summed E-state index contributed by atoms with van der Waals surface area (Å²) in [6, 6.07) is 0. The number of hydrogen-bond donors (Lipinski definition) is 0. The van der Waals surface area contributed by atoms with Crippen LogP contribution in [0, 0.1) is 0 Å². The molecule has 3 heteroatoms. The Bertz CT molecular complexity index is 156. The fraction of sp³-hybridized carbons (Fsp3) is 1.00. The first-order valence-corrected chi connectivity index (χ1v) is 6.04. The third kappa shape index (κ3) is 2.69. The molecule has 0 radical (unpaired) electrons. The molecule has 0 spiro atoms. The summed E-state index contributed by atoms with van der Waals surface area (Å²) >= 11 is 0. The van der Waals surface area contributed by atoms with Gasteiger partial charge in [0.2, 0.25) is 0 Å². The van der Waals surface area contributed by atoms with Crippen molar-refractivity contribution < 1.29 is 0 Å². The summed E-state index contributed by atoms with van der Waals surface area (Å²) in [5.74, 6) is 0. The van der Waals surface area contributed by atoms with Crippen molar-refractivity contribution in [3.05, 3.63) is 0 Å². The molecule has 0 aliphatic carbocycles. The summed E-state index contributed by atoms with van der Waals surface area (Å²) < 4.78 is 0. The Kier molecular flexibility index (Phi) is 3.79. The SMILES string of the molecule is CN1CCN(N2CCCCCC2)CC1. The number of likely N-dealkylation sites (N-methyl/N-ethyl adjacent to an activating group) is 1. The van der Waals surface area contributed by atoms with Gasteiger partial charge in [-0.05, 0) is 19.9 Å². The molecule has 2 rings (SSSR count). The highest BCUT2D eigenvalue weighted by molar-refractivity contribution is 4.70. The van der Waals surface area contributed by atoms with Gasteiger partial charge < -0.3 is 4.90 Å². The molecular weight excluding hydrogens is 174 g/mol. The summed E-state index contributed by atoms with van der Waals surface area (Å²) in [5, 5.41) is 5.17. The van der Waals surface area contributed by atoms with Crippen molar-refractivity contribution >= 4 is 0 Å². The van der Waals surface area contributed by atoms with Gasteiger partial charge in [-0.1, -0.05) is 12.8 Å². The Morgan fingerprint density at radius 2 is 1.07 bits per heavy atom. The predicted octanol–water partition coefficient (Wildman–Crippen LogP) is 1.02. The molecule has 0 bridgehead atoms. The van der Waals surface area contributed by atoms with E-state index < -0.39 is 0 Å². The second kappa shape index (κ2) is 5.10. The number of piperazine rings is 1. The molecule has 2 fully saturated rings. The Balaban J connectivity index is 1.81. The topological polar surface area (TPSA) is 9.72 Å². The minimum absolute atomic E-state index is 1.23. The first-order chi connectivity index (χ1) is 6.86. The number of nitrogens with zero attached hydrogens (tertiary/aromatic N) is 3. The smallest absolute Gasteiger partial charge is 0.0261 e. The number of hydrazine groups is 1. The molecular formula is C11H23N3. The average molecular weight is 197 g/mol. The van der Waals surface area contributed by atoms with Crippen LogP contribution in [-0.2, 0) is 0 Å². The monoisotopic (exact) mass is 197 g/mol. The normalized spacial score (nSPS) is 28.9. The van der Waals surface area contributed by atoms with Crippen LogP contribution in [0.1, 0.15) is 25.7 Å². The lowest BCUT2D eigenvalue weighted by Crippen LogP contribution is -2.53. The summed E-state index contributed by atoms with van der Waals surface area (Å²) in [5.41, 5.74) is 0. The zero-order valence-corrected chi connectivity index (χ0v) is 9.41. The third-order valence-electron chi connectivity index (χ3n) is 3.46. The highest BCUT2D eigenvalue weighted by Gasteiger charge is 2.20. The van der Waals surface area contributed by atoms with Gasteiger partial charge >= 0.3 is 0 Å². The number of hydrogen-bond acceptors (Lipinski definition) is 3. The zero-order valence-electron chi connectivity index (χ0n) is 9.41. The van der Waals surface area contributed by atoms with Crippen LogP contribution in [0.25, 0.3) is 0 Å². The average Bonchev–Trinajstić information content (AvgIpc) is 2.47. The molecule has 0 atom stereocenters. The van der Waals surface area contributed by atoms with E-state index in [1.165, 1.54) is 65.0 Å². The highest BCUT2D eigenvalue weighted by Crippen LogP contribution is 2.13. The lowest BCUT2D eigenvalue weighted by atomic mass is 10.2. The summed E-state index contributed by atoms with van der Waals surface area (Å²) in [7, 11) is 2.22. The summed E-state index contributed by atoms with van der Waals surface area (Å²) in [6.45, 7) is 7.52. The van der Waals surface area contributed by atoms with Crippen LogP contribution in [-0.4, -0.2) is 61.2 Å². The molecule has 3 nitrogen and oxygen atoms in total. The minimum Gasteiger partial charge on any atom is -0.304 e. The van der Waals surface area contributed by atoms with Gasteiger partial charge in [-0.3, -0.25) is 0 Å². The molecule has 0 aromatic heterocycles. The van der Waals surface area contributed by atoms with Crippen LogP contribution in [0.4, 0.5) is 0 Å². The Morgan fingerprint density at radius 1 is 0.571 bits per heavy atom. The molecule has 0 N–H and O–H groups in total. The van der Waals surface area contributed by atoms with Crippen molar-refractivity contribution in [1.29, 1.82) is 0 Å². The Hall–Kier alpha value is -0.120. The van der Waals surface area contributed by atoms with Gasteiger partial charge in [0.1, 0.15) is 0 Å². The van der Waals surface area contributed by atoms with E-state index in [9.17, 15) is 0 Å². The van der Waals surface area contributed by atoms with Gasteiger partial charge in [-0.15, -0.1) is 0 Å². The molecule has 0 amide bonds. The zero-order chi connectivity index (χ0) is 9.80. The van der Waals surface area contributed by atoms with Crippen molar-refractivity contribution in [2.45, 2.75) is 25.7 Å². The van der Waals surface area contributed by atoms with Crippen molar-refractivity contribution in [3.8, 4) is 0 Å². The largest absolute Gasteiger partial charge is 0.304 e. The molecule has 2 heterocycles. The molecule has 0 saturated carbocycles. The van der Waals surface area contributed by atoms with Crippen molar-refractivity contribution in [1.82, 2.24) is 14.9 Å².